The first-order valence-electron chi connectivity index (χ1n) is 17.9. The van der Waals surface area contributed by atoms with E-state index in [4.69, 9.17) is 47.4 Å². The average Bonchev–Trinajstić information content (AvgIpc) is 3.14. The maximum Gasteiger partial charge on any atom is 0.335 e. The molecule has 0 bridgehead atoms. The Labute approximate surface area is 311 Å². The monoisotopic (exact) mass is 758 g/mol. The third-order valence-corrected chi connectivity index (χ3v) is 9.07. The van der Waals surface area contributed by atoms with Crippen molar-refractivity contribution in [3.63, 3.8) is 0 Å². The second-order valence-corrected chi connectivity index (χ2v) is 12.7. The quantitative estimate of drug-likeness (QED) is 0.0691. The molecule has 1 aromatic carbocycles. The minimum atomic E-state index is -1.40. The molecule has 2 saturated heterocycles. The minimum absolute atomic E-state index is 0.00577. The van der Waals surface area contributed by atoms with Crippen LogP contribution >= 0.6 is 0 Å². The second kappa shape index (κ2) is 23.2. The van der Waals surface area contributed by atoms with Gasteiger partial charge in [-0.05, 0) is 19.4 Å². The number of hydrogen-bond donors (Lipinski definition) is 4. The fourth-order valence-corrected chi connectivity index (χ4v) is 6.54. The molecule has 2 heterocycles. The molecule has 0 spiro atoms. The smallest absolute Gasteiger partial charge is 0.335 e. The van der Waals surface area contributed by atoms with Crippen molar-refractivity contribution in [2.45, 2.75) is 82.4 Å². The summed E-state index contributed by atoms with van der Waals surface area (Å²) in [5.74, 6) is -3.54. The molecule has 1 aromatic rings. The van der Waals surface area contributed by atoms with Crippen molar-refractivity contribution in [1.82, 2.24) is 10.6 Å². The van der Waals surface area contributed by atoms with E-state index in [1.165, 1.54) is 35.4 Å². The summed E-state index contributed by atoms with van der Waals surface area (Å²) in [7, 11) is 5.45. The molecule has 0 aromatic heterocycles. The Kier molecular flexibility index (Phi) is 19.5. The van der Waals surface area contributed by atoms with Gasteiger partial charge in [0.2, 0.25) is 5.91 Å². The lowest BCUT2D eigenvalue weighted by Gasteiger charge is -2.44. The van der Waals surface area contributed by atoms with Gasteiger partial charge in [0.15, 0.2) is 12.4 Å². The molecule has 3 rings (SSSR count). The van der Waals surface area contributed by atoms with Gasteiger partial charge in [0.05, 0.1) is 45.6 Å². The van der Waals surface area contributed by atoms with Crippen molar-refractivity contribution in [1.29, 1.82) is 0 Å². The van der Waals surface area contributed by atoms with Crippen molar-refractivity contribution in [3.8, 4) is 0 Å². The maximum atomic E-state index is 13.6. The summed E-state index contributed by atoms with van der Waals surface area (Å²) in [6.07, 6.45) is -9.39. The number of aliphatic hydroxyl groups is 2. The molecule has 17 nitrogen and oxygen atoms in total. The van der Waals surface area contributed by atoms with Crippen LogP contribution in [-0.2, 0) is 68.3 Å². The number of rotatable bonds is 22. The van der Waals surface area contributed by atoms with Crippen LogP contribution in [0.4, 0.5) is 0 Å². The lowest BCUT2D eigenvalue weighted by atomic mass is 9.86. The fraction of sp³-hybridized carbons (Fsp3) is 0.750. The Morgan fingerprint density at radius 1 is 0.792 bits per heavy atom. The van der Waals surface area contributed by atoms with E-state index in [0.29, 0.717) is 26.3 Å². The standard InChI is InChI=1S/C36H58N2O15/c1-8-49-36(50-9-2)23-12-10-22(11-13-23)16-37-14-15-38-34(42)32-25(30(46-6)28(40)26(52-32)19-45-5)18-48-20-27-29(41)31(51-21(3)39)24(17-44-4)33(53-27)35(43)47-7/h10-13,24-33,36-37,40-41H,8-9,14-20H2,1-7H3,(H,38,42). The summed E-state index contributed by atoms with van der Waals surface area (Å²) in [5.41, 5.74) is 1.97. The summed E-state index contributed by atoms with van der Waals surface area (Å²) < 4.78 is 55.7. The van der Waals surface area contributed by atoms with Gasteiger partial charge in [-0.15, -0.1) is 0 Å². The lowest BCUT2D eigenvalue weighted by molar-refractivity contribution is -0.243. The Bertz CT molecular complexity index is 1230. The number of carbonyl (C=O) groups is 3. The highest BCUT2D eigenvalue weighted by Gasteiger charge is 2.51. The molecule has 0 aliphatic carbocycles. The number of aliphatic hydroxyl groups excluding tert-OH is 2. The Morgan fingerprint density at radius 2 is 1.40 bits per heavy atom. The summed E-state index contributed by atoms with van der Waals surface area (Å²) in [6.45, 7) is 6.85. The number of ether oxygens (including phenoxy) is 10. The maximum absolute atomic E-state index is 13.6. The van der Waals surface area contributed by atoms with Crippen molar-refractivity contribution in [2.75, 3.05) is 81.2 Å². The molecule has 2 aliphatic heterocycles. The van der Waals surface area contributed by atoms with Crippen molar-refractivity contribution >= 4 is 17.8 Å². The lowest BCUT2D eigenvalue weighted by Crippen LogP contribution is -2.62. The van der Waals surface area contributed by atoms with Crippen LogP contribution in [0.15, 0.2) is 24.3 Å². The molecule has 0 radical (unpaired) electrons. The molecule has 302 valence electrons. The van der Waals surface area contributed by atoms with Gasteiger partial charge in [-0.2, -0.15) is 0 Å². The molecule has 17 heteroatoms. The zero-order chi connectivity index (χ0) is 38.9. The first-order valence-corrected chi connectivity index (χ1v) is 17.9. The fourth-order valence-electron chi connectivity index (χ4n) is 6.54. The van der Waals surface area contributed by atoms with E-state index in [2.05, 4.69) is 10.6 Å². The SMILES string of the molecule is CCOC(OCC)c1ccc(CNCCNC(=O)C2OC(COC)C(O)C(OC)C2COCC2OC(C(=O)OC)C(COC)C(OC(C)=O)C2O)cc1. The molecule has 10 atom stereocenters. The number of carbonyl (C=O) groups excluding carboxylic acids is 3. The van der Waals surface area contributed by atoms with E-state index in [0.717, 1.165) is 11.1 Å². The molecule has 53 heavy (non-hydrogen) atoms. The Balaban J connectivity index is 1.64. The zero-order valence-electron chi connectivity index (χ0n) is 31.7. The van der Waals surface area contributed by atoms with Crippen LogP contribution in [0.3, 0.4) is 0 Å². The van der Waals surface area contributed by atoms with Gasteiger partial charge in [-0.25, -0.2) is 4.79 Å². The number of nitrogens with one attached hydrogen (secondary N) is 2. The molecule has 4 N–H and O–H groups in total. The topological polar surface area (TPSA) is 208 Å². The van der Waals surface area contributed by atoms with E-state index in [-0.39, 0.29) is 33.0 Å². The first-order chi connectivity index (χ1) is 25.5. The summed E-state index contributed by atoms with van der Waals surface area (Å²) in [6, 6.07) is 7.90. The molecule has 0 saturated carbocycles. The molecule has 2 fully saturated rings. The predicted octanol–water partition coefficient (Wildman–Crippen LogP) is -0.118. The van der Waals surface area contributed by atoms with E-state index in [1.807, 2.05) is 38.1 Å². The van der Waals surface area contributed by atoms with Gasteiger partial charge in [0.25, 0.3) is 0 Å². The third-order valence-electron chi connectivity index (χ3n) is 9.07. The second-order valence-electron chi connectivity index (χ2n) is 12.7. The number of amides is 1. The summed E-state index contributed by atoms with van der Waals surface area (Å²) in [4.78, 5) is 38.2. The molecule has 10 unspecified atom stereocenters. The van der Waals surface area contributed by atoms with Gasteiger partial charge < -0.3 is 68.2 Å². The van der Waals surface area contributed by atoms with Crippen molar-refractivity contribution < 1.29 is 72.0 Å². The van der Waals surface area contributed by atoms with Gasteiger partial charge in [-0.1, -0.05) is 24.3 Å². The van der Waals surface area contributed by atoms with E-state index < -0.39 is 84.8 Å². The van der Waals surface area contributed by atoms with Crippen LogP contribution in [0, 0.1) is 11.8 Å². The number of methoxy groups -OCH3 is 4. The van der Waals surface area contributed by atoms with Gasteiger partial charge in [-0.3, -0.25) is 9.59 Å². The zero-order valence-corrected chi connectivity index (χ0v) is 31.7. The van der Waals surface area contributed by atoms with Crippen molar-refractivity contribution in [2.24, 2.45) is 11.8 Å². The first kappa shape index (κ1) is 44.6. The summed E-state index contributed by atoms with van der Waals surface area (Å²) in [5, 5.41) is 28.4. The Morgan fingerprint density at radius 3 is 1.98 bits per heavy atom. The van der Waals surface area contributed by atoms with Crippen LogP contribution < -0.4 is 10.6 Å². The highest BCUT2D eigenvalue weighted by molar-refractivity contribution is 5.81. The summed E-state index contributed by atoms with van der Waals surface area (Å²) >= 11 is 0. The molecular weight excluding hydrogens is 700 g/mol. The van der Waals surface area contributed by atoms with Crippen LogP contribution in [0.2, 0.25) is 0 Å². The van der Waals surface area contributed by atoms with Gasteiger partial charge in [0, 0.05) is 72.6 Å². The van der Waals surface area contributed by atoms with E-state index in [1.54, 1.807) is 0 Å². The highest BCUT2D eigenvalue weighted by atomic mass is 16.7. The number of hydrogen-bond acceptors (Lipinski definition) is 16. The largest absolute Gasteiger partial charge is 0.467 e. The van der Waals surface area contributed by atoms with Gasteiger partial charge in [0.1, 0.15) is 36.6 Å². The van der Waals surface area contributed by atoms with Crippen LogP contribution in [0.25, 0.3) is 0 Å². The van der Waals surface area contributed by atoms with E-state index in [9.17, 15) is 24.6 Å². The van der Waals surface area contributed by atoms with Crippen molar-refractivity contribution in [3.05, 3.63) is 35.4 Å². The van der Waals surface area contributed by atoms with Crippen LogP contribution in [-0.4, -0.2) is 158 Å². The predicted molar refractivity (Wildman–Crippen MR) is 186 cm³/mol. The minimum Gasteiger partial charge on any atom is -0.467 e. The number of esters is 2. The van der Waals surface area contributed by atoms with Gasteiger partial charge >= 0.3 is 11.9 Å². The highest BCUT2D eigenvalue weighted by Crippen LogP contribution is 2.32. The molecule has 1 amide bonds. The van der Waals surface area contributed by atoms with E-state index >= 15 is 0 Å². The van der Waals surface area contributed by atoms with Crippen LogP contribution in [0.1, 0.15) is 38.2 Å². The molecule has 2 aliphatic rings. The third kappa shape index (κ3) is 12.6. The van der Waals surface area contributed by atoms with Crippen LogP contribution in [0.5, 0.6) is 0 Å². The average molecular weight is 759 g/mol. The normalized spacial score (nSPS) is 28.8. The molecular formula is C36H58N2O15. The Hall–Kier alpha value is -2.81. The number of benzene rings is 1.